The normalized spacial score (nSPS) is 11.5. The molecule has 0 saturated carbocycles. The predicted molar refractivity (Wildman–Crippen MR) is 175 cm³/mol. The Labute approximate surface area is 308 Å². The fourth-order valence-corrected chi connectivity index (χ4v) is 7.12. The molecule has 0 heterocycles. The van der Waals surface area contributed by atoms with Crippen LogP contribution in [0.25, 0.3) is 11.6 Å². The number of halogens is 4. The molecule has 230 valence electrons. The molecule has 0 aromatic heterocycles. The van der Waals surface area contributed by atoms with Crippen LogP contribution in [0.2, 0.25) is 20.1 Å². The van der Waals surface area contributed by atoms with E-state index in [-0.39, 0.29) is 35.1 Å². The van der Waals surface area contributed by atoms with Crippen molar-refractivity contribution in [1.82, 2.24) is 0 Å². The number of hydrogen-bond acceptors (Lipinski definition) is 6. The zero-order valence-corrected chi connectivity index (χ0v) is 30.5. The monoisotopic (exact) mass is 739 g/mol. The van der Waals surface area contributed by atoms with E-state index in [0.29, 0.717) is 54.5 Å². The molecule has 46 heavy (non-hydrogen) atoms. The smallest absolute Gasteiger partial charge is 0.744 e. The van der Waals surface area contributed by atoms with Crippen molar-refractivity contribution in [2.45, 2.75) is 16.2 Å². The van der Waals surface area contributed by atoms with E-state index in [9.17, 15) is 25.9 Å². The largest absolute Gasteiger partial charge is 1.00 e. The summed E-state index contributed by atoms with van der Waals surface area (Å²) in [7, 11) is -10.3. The Bertz CT molecular complexity index is 2230. The maximum absolute atomic E-state index is 12.4. The molecule has 0 bridgehead atoms. The summed E-state index contributed by atoms with van der Waals surface area (Å²) in [6.45, 7) is 0. The minimum atomic E-state index is -5.23. The molecule has 0 aliphatic heterocycles. The molecule has 6 nitrogen and oxygen atoms in total. The van der Waals surface area contributed by atoms with Crippen LogP contribution in [0.5, 0.6) is 0 Å². The van der Waals surface area contributed by atoms with Crippen molar-refractivity contribution in [1.29, 1.82) is 0 Å². The fraction of sp³-hybridized carbons (Fsp3) is 0.0303. The summed E-state index contributed by atoms with van der Waals surface area (Å²) in [5.74, 6) is 0. The van der Waals surface area contributed by atoms with Gasteiger partial charge in [-0.2, -0.15) is 0 Å². The first-order chi connectivity index (χ1) is 21.2. The summed E-state index contributed by atoms with van der Waals surface area (Å²) in [4.78, 5) is -1.69. The van der Waals surface area contributed by atoms with E-state index in [1.165, 1.54) is 0 Å². The molecule has 0 aliphatic rings. The second-order valence-electron chi connectivity index (χ2n) is 9.92. The van der Waals surface area contributed by atoms with Gasteiger partial charge in [-0.1, -0.05) is 113 Å². The van der Waals surface area contributed by atoms with Crippen LogP contribution in [0.4, 0.5) is 0 Å². The van der Waals surface area contributed by atoms with E-state index in [0.717, 1.165) is 28.5 Å². The maximum Gasteiger partial charge on any atom is 1.00 e. The van der Waals surface area contributed by atoms with Gasteiger partial charge in [-0.25, -0.2) is 16.8 Å². The molecule has 0 fully saturated rings. The van der Waals surface area contributed by atoms with Crippen molar-refractivity contribution >= 4 is 78.3 Å². The van der Waals surface area contributed by atoms with Crippen LogP contribution in [0, 0.1) is 0 Å². The molecule has 5 rings (SSSR count). The first-order valence-electron chi connectivity index (χ1n) is 13.1. The molecule has 0 atom stereocenters. The van der Waals surface area contributed by atoms with Gasteiger partial charge in [-0.05, 0) is 75.2 Å². The Kier molecular flexibility index (Phi) is 11.9. The molecule has 0 aliphatic carbocycles. The first kappa shape index (κ1) is 36.7. The molecule has 0 saturated heterocycles. The van der Waals surface area contributed by atoms with Crippen LogP contribution in [0.15, 0.2) is 113 Å². The molecule has 0 spiro atoms. The van der Waals surface area contributed by atoms with Crippen molar-refractivity contribution in [3.63, 3.8) is 0 Å². The van der Waals surface area contributed by atoms with Gasteiger partial charge < -0.3 is 9.11 Å². The van der Waals surface area contributed by atoms with Crippen LogP contribution in [0.3, 0.4) is 0 Å². The Morgan fingerprint density at radius 2 is 1.20 bits per heavy atom. The zero-order valence-electron chi connectivity index (χ0n) is 23.9. The van der Waals surface area contributed by atoms with E-state index in [1.54, 1.807) is 91.0 Å². The summed E-state index contributed by atoms with van der Waals surface area (Å²) in [6.07, 6.45) is 2.20. The molecule has 0 amide bonds. The Balaban J connectivity index is 0.00000480. The Morgan fingerprint density at radius 1 is 0.652 bits per heavy atom. The van der Waals surface area contributed by atoms with E-state index in [2.05, 4.69) is 0 Å². The van der Waals surface area contributed by atoms with Crippen molar-refractivity contribution in [3.8, 4) is 0 Å². The van der Waals surface area contributed by atoms with Crippen molar-refractivity contribution in [3.05, 3.63) is 161 Å². The van der Waals surface area contributed by atoms with Crippen molar-refractivity contribution < 1.29 is 55.5 Å². The molecular weight excluding hydrogens is 721 g/mol. The number of hydrogen-bond donors (Lipinski definition) is 0. The summed E-state index contributed by atoms with van der Waals surface area (Å²) in [6, 6.07) is 27.1. The molecular formula is C33H20Cl4NaO6S2-. The third-order valence-corrected chi connectivity index (χ3v) is 10.1. The topological polar surface area (TPSA) is 114 Å². The van der Waals surface area contributed by atoms with Gasteiger partial charge in [0, 0.05) is 37.6 Å². The number of rotatable bonds is 7. The average Bonchev–Trinajstić information content (AvgIpc) is 2.98. The van der Waals surface area contributed by atoms with Gasteiger partial charge in [0.05, 0.1) is 9.79 Å². The van der Waals surface area contributed by atoms with E-state index in [1.807, 2.05) is 0 Å². The quantitative estimate of drug-likeness (QED) is 0.186. The van der Waals surface area contributed by atoms with Crippen molar-refractivity contribution in [2.75, 3.05) is 0 Å². The molecule has 5 aromatic rings. The van der Waals surface area contributed by atoms with Gasteiger partial charge in [-0.3, -0.25) is 0 Å². The molecule has 13 heteroatoms. The Morgan fingerprint density at radius 3 is 1.72 bits per heavy atom. The zero-order chi connectivity index (χ0) is 32.5. The van der Waals surface area contributed by atoms with Crippen molar-refractivity contribution in [2.24, 2.45) is 0 Å². The first-order valence-corrected chi connectivity index (χ1v) is 17.4. The predicted octanol–water partition coefficient (Wildman–Crippen LogP) is 3.78. The molecule has 5 aromatic carbocycles. The van der Waals surface area contributed by atoms with E-state index >= 15 is 0 Å². The van der Waals surface area contributed by atoms with Crippen LogP contribution in [-0.4, -0.2) is 25.9 Å². The summed E-state index contributed by atoms with van der Waals surface area (Å²) < 4.78 is 72.4. The average molecular weight is 741 g/mol. The third kappa shape index (κ3) is 8.45. The van der Waals surface area contributed by atoms with Crippen LogP contribution < -0.4 is 40.0 Å². The van der Waals surface area contributed by atoms with Crippen LogP contribution in [-0.2, 0) is 26.7 Å². The third-order valence-electron chi connectivity index (χ3n) is 6.98. The van der Waals surface area contributed by atoms with Crippen LogP contribution >= 0.6 is 46.4 Å². The Hall–Kier alpha value is -2.18. The molecule has 0 N–H and O–H groups in total. The molecule has 0 radical (unpaired) electrons. The van der Waals surface area contributed by atoms with Gasteiger partial charge in [0.25, 0.3) is 0 Å². The van der Waals surface area contributed by atoms with Gasteiger partial charge in [-0.15, -0.1) is 0 Å². The SMILES string of the molecule is O=S(=O)([O-])c1ccc(C(c2ccc(Cc3c(Cl)cccc3Cl)cc2)=c2ccc(=Cc3c(Cl)cccc3Cl)cc2)c(S(=O)(=O)[O-])c1.[Na+]. The van der Waals surface area contributed by atoms with Crippen LogP contribution in [0.1, 0.15) is 27.8 Å². The van der Waals surface area contributed by atoms with E-state index in [4.69, 9.17) is 46.4 Å². The van der Waals surface area contributed by atoms with Gasteiger partial charge in [0.1, 0.15) is 20.2 Å². The van der Waals surface area contributed by atoms with Gasteiger partial charge >= 0.3 is 29.6 Å². The fourth-order valence-electron chi connectivity index (χ4n) is 4.81. The number of benzene rings is 5. The summed E-state index contributed by atoms with van der Waals surface area (Å²) in [5.41, 5.74) is 2.93. The molecule has 0 unspecified atom stereocenters. The summed E-state index contributed by atoms with van der Waals surface area (Å²) >= 11 is 25.3. The van der Waals surface area contributed by atoms with Gasteiger partial charge in [0.15, 0.2) is 0 Å². The second kappa shape index (κ2) is 14.9. The minimum absolute atomic E-state index is 0. The second-order valence-corrected chi connectivity index (χ2v) is 14.3. The maximum atomic E-state index is 12.4. The standard InChI is InChI=1S/C33H22Cl4O6S2.Na/c34-28-3-1-4-29(35)26(28)17-20-7-11-22(12-8-20)33(25-16-15-24(44(38,39)40)19-32(25)45(41,42)43)23-13-9-21(10-14-23)18-27-30(36)5-2-6-31(27)37;/h1-17,19H,18H2,(H,38,39,40)(H,41,42,43);/q;+1/p-2. The van der Waals surface area contributed by atoms with Gasteiger partial charge in [0.2, 0.25) is 0 Å². The minimum Gasteiger partial charge on any atom is -0.744 e. The van der Waals surface area contributed by atoms with E-state index < -0.39 is 30.0 Å². The summed E-state index contributed by atoms with van der Waals surface area (Å²) in [5, 5.41) is 3.15.